The second-order valence-electron chi connectivity index (χ2n) is 5.79. The third-order valence-corrected chi connectivity index (χ3v) is 4.11. The fourth-order valence-electron chi connectivity index (χ4n) is 2.66. The Morgan fingerprint density at radius 2 is 2.00 bits per heavy atom. The van der Waals surface area contributed by atoms with Gasteiger partial charge in [-0.3, -0.25) is 9.59 Å². The van der Waals surface area contributed by atoms with E-state index in [1.807, 2.05) is 44.3 Å². The second kappa shape index (κ2) is 7.94. The Hall–Kier alpha value is -1.88. The molecule has 1 heterocycles. The first-order valence-electron chi connectivity index (χ1n) is 7.93. The molecule has 0 aromatic heterocycles. The Morgan fingerprint density at radius 3 is 2.64 bits per heavy atom. The molecule has 1 aliphatic rings. The lowest BCUT2D eigenvalue weighted by Gasteiger charge is -2.34. The molecule has 0 radical (unpaired) electrons. The molecule has 2 N–H and O–H groups in total. The van der Waals surface area contributed by atoms with Gasteiger partial charge >= 0.3 is 0 Å². The molecule has 0 saturated carbocycles. The van der Waals surface area contributed by atoms with Gasteiger partial charge in [0.1, 0.15) is 6.04 Å². The highest BCUT2D eigenvalue weighted by Crippen LogP contribution is 2.25. The number of likely N-dealkylation sites (tertiary alicyclic amines) is 1. The molecule has 5 nitrogen and oxygen atoms in total. The number of piperidine rings is 1. The number of hydrogen-bond donors (Lipinski definition) is 2. The summed E-state index contributed by atoms with van der Waals surface area (Å²) < 4.78 is 0. The van der Waals surface area contributed by atoms with Gasteiger partial charge in [-0.1, -0.05) is 30.3 Å². The number of amides is 2. The summed E-state index contributed by atoms with van der Waals surface area (Å²) in [5.41, 5.74) is 0.868. The highest BCUT2D eigenvalue weighted by molar-refractivity contribution is 5.89. The zero-order chi connectivity index (χ0) is 15.9. The summed E-state index contributed by atoms with van der Waals surface area (Å²) in [6, 6.07) is 9.21. The first-order chi connectivity index (χ1) is 10.6. The van der Waals surface area contributed by atoms with Gasteiger partial charge < -0.3 is 15.5 Å². The maximum Gasteiger partial charge on any atom is 0.247 e. The van der Waals surface area contributed by atoms with E-state index in [-0.39, 0.29) is 17.9 Å². The summed E-state index contributed by atoms with van der Waals surface area (Å²) in [7, 11) is 1.86. The van der Waals surface area contributed by atoms with Gasteiger partial charge in [-0.05, 0) is 32.4 Å². The third-order valence-electron chi connectivity index (χ3n) is 4.11. The molecular weight excluding hydrogens is 278 g/mol. The standard InChI is InChI=1S/C17H25N3O2/c1-13(18-2)12-19-17(22)16(14-8-4-3-5-9-14)20-11-7-6-10-15(20)21/h3-5,8-9,13,16,18H,6-7,10-12H2,1-2H3,(H,19,22). The lowest BCUT2D eigenvalue weighted by Crippen LogP contribution is -2.47. The molecule has 1 fully saturated rings. The molecule has 2 rings (SSSR count). The average Bonchev–Trinajstić information content (AvgIpc) is 2.55. The van der Waals surface area contributed by atoms with Crippen LogP contribution in [0.1, 0.15) is 37.8 Å². The summed E-state index contributed by atoms with van der Waals surface area (Å²) in [5.74, 6) is -0.0412. The monoisotopic (exact) mass is 303 g/mol. The van der Waals surface area contributed by atoms with Crippen molar-refractivity contribution in [3.63, 3.8) is 0 Å². The molecule has 2 atom stereocenters. The number of hydrogen-bond acceptors (Lipinski definition) is 3. The van der Waals surface area contributed by atoms with Crippen LogP contribution in [0.25, 0.3) is 0 Å². The number of carbonyl (C=O) groups excluding carboxylic acids is 2. The lowest BCUT2D eigenvalue weighted by molar-refractivity contribution is -0.142. The van der Waals surface area contributed by atoms with Gasteiger partial charge in [-0.2, -0.15) is 0 Å². The molecule has 2 amide bonds. The number of carbonyl (C=O) groups is 2. The largest absolute Gasteiger partial charge is 0.352 e. The fourth-order valence-corrected chi connectivity index (χ4v) is 2.66. The molecule has 1 aromatic carbocycles. The summed E-state index contributed by atoms with van der Waals surface area (Å²) >= 11 is 0. The molecule has 0 spiro atoms. The van der Waals surface area contributed by atoms with Crippen LogP contribution in [0.2, 0.25) is 0 Å². The number of rotatable bonds is 6. The fraction of sp³-hybridized carbons (Fsp3) is 0.529. The number of likely N-dealkylation sites (N-methyl/N-ethyl adjacent to an activating group) is 1. The Labute approximate surface area is 132 Å². The quantitative estimate of drug-likeness (QED) is 0.836. The van der Waals surface area contributed by atoms with Crippen molar-refractivity contribution in [3.05, 3.63) is 35.9 Å². The summed E-state index contributed by atoms with van der Waals surface area (Å²) in [6.45, 7) is 3.19. The van der Waals surface area contributed by atoms with Crippen molar-refractivity contribution >= 4 is 11.8 Å². The van der Waals surface area contributed by atoms with Crippen LogP contribution in [0.3, 0.4) is 0 Å². The molecule has 5 heteroatoms. The maximum atomic E-state index is 12.7. The summed E-state index contributed by atoms with van der Waals surface area (Å²) in [5, 5.41) is 6.05. The average molecular weight is 303 g/mol. The van der Waals surface area contributed by atoms with Gasteiger partial charge in [0.25, 0.3) is 0 Å². The van der Waals surface area contributed by atoms with E-state index in [2.05, 4.69) is 10.6 Å². The predicted octanol–water partition coefficient (Wildman–Crippen LogP) is 1.46. The zero-order valence-electron chi connectivity index (χ0n) is 13.3. The Bertz CT molecular complexity index is 504. The number of benzene rings is 1. The van der Waals surface area contributed by atoms with Crippen molar-refractivity contribution in [1.29, 1.82) is 0 Å². The molecule has 0 bridgehead atoms. The Morgan fingerprint density at radius 1 is 1.27 bits per heavy atom. The van der Waals surface area contributed by atoms with Crippen LogP contribution in [0.15, 0.2) is 30.3 Å². The van der Waals surface area contributed by atoms with Crippen LogP contribution in [-0.2, 0) is 9.59 Å². The molecular formula is C17H25N3O2. The minimum absolute atomic E-state index is 0.0666. The van der Waals surface area contributed by atoms with E-state index in [1.54, 1.807) is 4.90 Å². The van der Waals surface area contributed by atoms with Crippen molar-refractivity contribution in [3.8, 4) is 0 Å². The SMILES string of the molecule is CNC(C)CNC(=O)C(c1ccccc1)N1CCCCC1=O. The van der Waals surface area contributed by atoms with E-state index in [0.717, 1.165) is 18.4 Å². The minimum atomic E-state index is -0.530. The first kappa shape index (κ1) is 16.5. The second-order valence-corrected chi connectivity index (χ2v) is 5.79. The van der Waals surface area contributed by atoms with E-state index >= 15 is 0 Å². The molecule has 1 aliphatic heterocycles. The Kier molecular flexibility index (Phi) is 5.95. The summed E-state index contributed by atoms with van der Waals surface area (Å²) in [6.07, 6.45) is 2.40. The van der Waals surface area contributed by atoms with Crippen LogP contribution in [0.5, 0.6) is 0 Å². The highest BCUT2D eigenvalue weighted by atomic mass is 16.2. The molecule has 22 heavy (non-hydrogen) atoms. The van der Waals surface area contributed by atoms with E-state index in [4.69, 9.17) is 0 Å². The van der Waals surface area contributed by atoms with Gasteiger partial charge in [-0.25, -0.2) is 0 Å². The molecule has 2 unspecified atom stereocenters. The van der Waals surface area contributed by atoms with E-state index < -0.39 is 6.04 Å². The van der Waals surface area contributed by atoms with E-state index in [9.17, 15) is 9.59 Å². The van der Waals surface area contributed by atoms with E-state index in [1.165, 1.54) is 0 Å². The van der Waals surface area contributed by atoms with Crippen molar-refractivity contribution in [2.24, 2.45) is 0 Å². The van der Waals surface area contributed by atoms with Crippen LogP contribution in [0, 0.1) is 0 Å². The number of nitrogens with zero attached hydrogens (tertiary/aromatic N) is 1. The van der Waals surface area contributed by atoms with E-state index in [0.29, 0.717) is 19.5 Å². The van der Waals surface area contributed by atoms with Gasteiger partial charge in [-0.15, -0.1) is 0 Å². The van der Waals surface area contributed by atoms with Gasteiger partial charge in [0, 0.05) is 25.6 Å². The first-order valence-corrected chi connectivity index (χ1v) is 7.93. The lowest BCUT2D eigenvalue weighted by atomic mass is 10.0. The van der Waals surface area contributed by atoms with Crippen LogP contribution >= 0.6 is 0 Å². The van der Waals surface area contributed by atoms with Crippen molar-refractivity contribution in [2.45, 2.75) is 38.3 Å². The molecule has 1 saturated heterocycles. The van der Waals surface area contributed by atoms with Crippen LogP contribution < -0.4 is 10.6 Å². The highest BCUT2D eigenvalue weighted by Gasteiger charge is 2.32. The van der Waals surface area contributed by atoms with Gasteiger partial charge in [0.05, 0.1) is 0 Å². The third kappa shape index (κ3) is 4.07. The maximum absolute atomic E-state index is 12.7. The molecule has 120 valence electrons. The summed E-state index contributed by atoms with van der Waals surface area (Å²) in [4.78, 5) is 26.6. The normalized spacial score (nSPS) is 17.9. The van der Waals surface area contributed by atoms with Crippen molar-refractivity contribution in [1.82, 2.24) is 15.5 Å². The van der Waals surface area contributed by atoms with Crippen LogP contribution in [-0.4, -0.2) is 42.9 Å². The van der Waals surface area contributed by atoms with Crippen LogP contribution in [0.4, 0.5) is 0 Å². The number of nitrogens with one attached hydrogen (secondary N) is 2. The van der Waals surface area contributed by atoms with Gasteiger partial charge in [0.15, 0.2) is 0 Å². The smallest absolute Gasteiger partial charge is 0.247 e. The zero-order valence-corrected chi connectivity index (χ0v) is 13.3. The van der Waals surface area contributed by atoms with Crippen molar-refractivity contribution < 1.29 is 9.59 Å². The van der Waals surface area contributed by atoms with Crippen molar-refractivity contribution in [2.75, 3.05) is 20.1 Å². The molecule has 1 aromatic rings. The topological polar surface area (TPSA) is 61.4 Å². The minimum Gasteiger partial charge on any atom is -0.352 e. The molecule has 0 aliphatic carbocycles. The Balaban J connectivity index is 2.18. The van der Waals surface area contributed by atoms with Gasteiger partial charge in [0.2, 0.25) is 11.8 Å². The predicted molar refractivity (Wildman–Crippen MR) is 86.3 cm³/mol.